The Kier molecular flexibility index (Phi) is 3.53. The van der Waals surface area contributed by atoms with Crippen molar-refractivity contribution in [3.05, 3.63) is 0 Å². The van der Waals surface area contributed by atoms with Crippen LogP contribution in [0.2, 0.25) is 0 Å². The molecule has 2 fully saturated rings. The Morgan fingerprint density at radius 2 is 2.12 bits per heavy atom. The van der Waals surface area contributed by atoms with Gasteiger partial charge < -0.3 is 10.1 Å². The summed E-state index contributed by atoms with van der Waals surface area (Å²) in [5.41, 5.74) is 0. The van der Waals surface area contributed by atoms with Crippen LogP contribution in [0.4, 0.5) is 0 Å². The van der Waals surface area contributed by atoms with E-state index in [1.807, 2.05) is 6.92 Å². The van der Waals surface area contributed by atoms with Gasteiger partial charge in [-0.25, -0.2) is 0 Å². The highest BCUT2D eigenvalue weighted by molar-refractivity contribution is 5.74. The van der Waals surface area contributed by atoms with Gasteiger partial charge in [0.05, 0.1) is 12.0 Å². The molecular formula is C13H23NO2. The van der Waals surface area contributed by atoms with Crippen molar-refractivity contribution in [1.29, 1.82) is 0 Å². The van der Waals surface area contributed by atoms with E-state index in [4.69, 9.17) is 4.74 Å². The molecule has 4 atom stereocenters. The highest BCUT2D eigenvalue weighted by Crippen LogP contribution is 2.34. The summed E-state index contributed by atoms with van der Waals surface area (Å²) >= 11 is 0. The monoisotopic (exact) mass is 225 g/mol. The number of fused-ring (bicyclic) bond motifs is 2. The summed E-state index contributed by atoms with van der Waals surface area (Å²) in [4.78, 5) is 12.0. The van der Waals surface area contributed by atoms with E-state index in [-0.39, 0.29) is 18.0 Å². The van der Waals surface area contributed by atoms with E-state index in [1.165, 1.54) is 6.42 Å². The summed E-state index contributed by atoms with van der Waals surface area (Å²) < 4.78 is 5.52. The van der Waals surface area contributed by atoms with E-state index in [0.29, 0.717) is 18.0 Å². The first kappa shape index (κ1) is 11.9. The number of carbonyl (C=O) groups excluding carboxylic acids is 1. The second-order valence-corrected chi connectivity index (χ2v) is 5.77. The molecule has 0 aliphatic carbocycles. The zero-order valence-corrected chi connectivity index (χ0v) is 10.5. The van der Waals surface area contributed by atoms with Crippen LogP contribution in [0.15, 0.2) is 0 Å². The van der Waals surface area contributed by atoms with Gasteiger partial charge in [-0.3, -0.25) is 4.79 Å². The Morgan fingerprint density at radius 3 is 2.62 bits per heavy atom. The van der Waals surface area contributed by atoms with Crippen LogP contribution in [0.25, 0.3) is 0 Å². The molecule has 2 saturated heterocycles. The number of hydrogen-bond acceptors (Lipinski definition) is 3. The van der Waals surface area contributed by atoms with Gasteiger partial charge >= 0.3 is 5.97 Å². The lowest BCUT2D eigenvalue weighted by molar-refractivity contribution is -0.154. The standard InChI is InChI=1S/C13H23NO2/c1-8(2)6-9(3)16-13(15)11-7-10-4-5-12(11)14-10/h8-12,14H,4-7H2,1-3H3. The predicted molar refractivity (Wildman–Crippen MR) is 63.1 cm³/mol. The third kappa shape index (κ3) is 2.57. The molecule has 0 aromatic heterocycles. The number of carbonyl (C=O) groups is 1. The minimum Gasteiger partial charge on any atom is -0.462 e. The number of esters is 1. The van der Waals surface area contributed by atoms with Gasteiger partial charge in [0.1, 0.15) is 0 Å². The SMILES string of the molecule is CC(C)CC(C)OC(=O)C1CC2CCC1N2. The number of ether oxygens (including phenoxy) is 1. The molecule has 0 radical (unpaired) electrons. The smallest absolute Gasteiger partial charge is 0.310 e. The lowest BCUT2D eigenvalue weighted by atomic mass is 9.89. The Balaban J connectivity index is 1.80. The summed E-state index contributed by atoms with van der Waals surface area (Å²) in [7, 11) is 0. The van der Waals surface area contributed by atoms with E-state index < -0.39 is 0 Å². The summed E-state index contributed by atoms with van der Waals surface area (Å²) in [5, 5.41) is 3.47. The van der Waals surface area contributed by atoms with Crippen LogP contribution in [0, 0.1) is 11.8 Å². The fraction of sp³-hybridized carbons (Fsp3) is 0.923. The van der Waals surface area contributed by atoms with Gasteiger partial charge in [0.15, 0.2) is 0 Å². The van der Waals surface area contributed by atoms with Gasteiger partial charge in [-0.1, -0.05) is 13.8 Å². The van der Waals surface area contributed by atoms with Crippen LogP contribution in [0.1, 0.15) is 46.5 Å². The molecular weight excluding hydrogens is 202 g/mol. The maximum Gasteiger partial charge on any atom is 0.310 e. The molecule has 0 saturated carbocycles. The Morgan fingerprint density at radius 1 is 1.38 bits per heavy atom. The molecule has 0 aromatic rings. The first-order valence-corrected chi connectivity index (χ1v) is 6.52. The van der Waals surface area contributed by atoms with E-state index in [2.05, 4.69) is 19.2 Å². The van der Waals surface area contributed by atoms with Crippen LogP contribution in [0.5, 0.6) is 0 Å². The second-order valence-electron chi connectivity index (χ2n) is 5.77. The third-order valence-electron chi connectivity index (χ3n) is 3.72. The molecule has 2 heterocycles. The summed E-state index contributed by atoms with van der Waals surface area (Å²) in [6, 6.07) is 0.965. The van der Waals surface area contributed by atoms with Crippen LogP contribution in [-0.2, 0) is 9.53 Å². The first-order valence-electron chi connectivity index (χ1n) is 6.52. The van der Waals surface area contributed by atoms with Crippen LogP contribution in [0.3, 0.4) is 0 Å². The van der Waals surface area contributed by atoms with E-state index in [1.54, 1.807) is 0 Å². The molecule has 4 unspecified atom stereocenters. The summed E-state index contributed by atoms with van der Waals surface area (Å²) in [6.07, 6.45) is 4.38. The number of rotatable bonds is 4. The molecule has 92 valence electrons. The lowest BCUT2D eigenvalue weighted by Gasteiger charge is -2.22. The molecule has 0 amide bonds. The van der Waals surface area contributed by atoms with E-state index >= 15 is 0 Å². The van der Waals surface area contributed by atoms with Gasteiger partial charge in [-0.2, -0.15) is 0 Å². The van der Waals surface area contributed by atoms with Crippen molar-refractivity contribution in [3.63, 3.8) is 0 Å². The number of nitrogens with one attached hydrogen (secondary N) is 1. The average Bonchev–Trinajstić information content (AvgIpc) is 2.76. The highest BCUT2D eigenvalue weighted by atomic mass is 16.5. The molecule has 2 aliphatic rings. The largest absolute Gasteiger partial charge is 0.462 e. The molecule has 0 aromatic carbocycles. The fourth-order valence-corrected chi connectivity index (χ4v) is 3.08. The molecule has 2 aliphatic heterocycles. The maximum absolute atomic E-state index is 12.0. The van der Waals surface area contributed by atoms with E-state index in [9.17, 15) is 4.79 Å². The topological polar surface area (TPSA) is 38.3 Å². The van der Waals surface area contributed by atoms with Gasteiger partial charge in [0, 0.05) is 12.1 Å². The van der Waals surface area contributed by atoms with Crippen molar-refractivity contribution in [2.24, 2.45) is 11.8 Å². The average molecular weight is 225 g/mol. The molecule has 3 nitrogen and oxygen atoms in total. The van der Waals surface area contributed by atoms with Crippen LogP contribution < -0.4 is 5.32 Å². The van der Waals surface area contributed by atoms with Gasteiger partial charge in [0.25, 0.3) is 0 Å². The minimum atomic E-state index is 0.0212. The predicted octanol–water partition coefficient (Wildman–Crippen LogP) is 2.10. The van der Waals surface area contributed by atoms with Crippen molar-refractivity contribution < 1.29 is 9.53 Å². The Labute approximate surface area is 97.9 Å². The quantitative estimate of drug-likeness (QED) is 0.745. The lowest BCUT2D eigenvalue weighted by Crippen LogP contribution is -2.32. The van der Waals surface area contributed by atoms with Crippen molar-refractivity contribution in [3.8, 4) is 0 Å². The number of hydrogen-bond donors (Lipinski definition) is 1. The van der Waals surface area contributed by atoms with E-state index in [0.717, 1.165) is 19.3 Å². The minimum absolute atomic E-state index is 0.0212. The first-order chi connectivity index (χ1) is 7.56. The third-order valence-corrected chi connectivity index (χ3v) is 3.72. The maximum atomic E-state index is 12.0. The van der Waals surface area contributed by atoms with Gasteiger partial charge in [0.2, 0.25) is 0 Å². The Hall–Kier alpha value is -0.570. The Bertz CT molecular complexity index is 265. The van der Waals surface area contributed by atoms with Crippen molar-refractivity contribution in [1.82, 2.24) is 5.32 Å². The molecule has 2 rings (SSSR count). The molecule has 0 spiro atoms. The van der Waals surface area contributed by atoms with Crippen molar-refractivity contribution >= 4 is 5.97 Å². The highest BCUT2D eigenvalue weighted by Gasteiger charge is 2.43. The summed E-state index contributed by atoms with van der Waals surface area (Å²) in [6.45, 7) is 6.31. The normalized spacial score (nSPS) is 34.4. The van der Waals surface area contributed by atoms with Gasteiger partial charge in [-0.05, 0) is 38.5 Å². The molecule has 2 bridgehead atoms. The zero-order valence-electron chi connectivity index (χ0n) is 10.5. The zero-order chi connectivity index (χ0) is 11.7. The second kappa shape index (κ2) is 4.74. The van der Waals surface area contributed by atoms with Gasteiger partial charge in [-0.15, -0.1) is 0 Å². The van der Waals surface area contributed by atoms with Crippen molar-refractivity contribution in [2.45, 2.75) is 64.6 Å². The molecule has 3 heteroatoms. The van der Waals surface area contributed by atoms with Crippen LogP contribution >= 0.6 is 0 Å². The molecule has 1 N–H and O–H groups in total. The van der Waals surface area contributed by atoms with Crippen LogP contribution in [-0.4, -0.2) is 24.2 Å². The molecule has 16 heavy (non-hydrogen) atoms. The summed E-state index contributed by atoms with van der Waals surface area (Å²) in [5.74, 6) is 0.724. The fourth-order valence-electron chi connectivity index (χ4n) is 3.08. The van der Waals surface area contributed by atoms with Crippen molar-refractivity contribution in [2.75, 3.05) is 0 Å².